The Morgan fingerprint density at radius 1 is 1.16 bits per heavy atom. The van der Waals surface area contributed by atoms with Gasteiger partial charge in [-0.25, -0.2) is 4.57 Å². The SMILES string of the molecule is O=C(Nc1ccc(C(F)(F)F)cc1)[SH](CC1CCCCC1)P(=O)(O)O. The number of rotatable bonds is 4. The number of carbonyl (C=O) groups excluding carboxylic acids is 1. The summed E-state index contributed by atoms with van der Waals surface area (Å²) in [6, 6.07) is 3.79. The van der Waals surface area contributed by atoms with Crippen LogP contribution in [-0.2, 0) is 10.7 Å². The van der Waals surface area contributed by atoms with Gasteiger partial charge in [-0.2, -0.15) is 13.2 Å². The first kappa shape index (κ1) is 20.3. The van der Waals surface area contributed by atoms with Gasteiger partial charge in [0.05, 0.1) is 5.56 Å². The molecule has 0 spiro atoms. The number of anilines is 1. The van der Waals surface area contributed by atoms with Crippen molar-refractivity contribution >= 4 is 28.2 Å². The van der Waals surface area contributed by atoms with E-state index < -0.39 is 34.3 Å². The van der Waals surface area contributed by atoms with E-state index in [0.717, 1.165) is 56.4 Å². The fourth-order valence-electron chi connectivity index (χ4n) is 2.85. The third-order valence-electron chi connectivity index (χ3n) is 4.17. The van der Waals surface area contributed by atoms with E-state index in [0.29, 0.717) is 0 Å². The highest BCUT2D eigenvalue weighted by Gasteiger charge is 2.34. The molecular weight excluding hydrogens is 378 g/mol. The molecule has 1 aromatic rings. The lowest BCUT2D eigenvalue weighted by Crippen LogP contribution is -2.18. The van der Waals surface area contributed by atoms with Crippen LogP contribution in [0.4, 0.5) is 23.7 Å². The molecular formula is C15H21F3NO4PS. The zero-order valence-electron chi connectivity index (χ0n) is 13.4. The third kappa shape index (κ3) is 6.02. The maximum atomic E-state index is 12.5. The lowest BCUT2D eigenvalue weighted by Gasteiger charge is -2.28. The van der Waals surface area contributed by atoms with Crippen molar-refractivity contribution in [2.45, 2.75) is 38.3 Å². The first-order chi connectivity index (χ1) is 11.6. The van der Waals surface area contributed by atoms with Crippen molar-refractivity contribution in [3.05, 3.63) is 29.8 Å². The third-order valence-corrected chi connectivity index (χ3v) is 9.16. The van der Waals surface area contributed by atoms with Gasteiger partial charge in [-0.3, -0.25) is 4.79 Å². The van der Waals surface area contributed by atoms with Crippen LogP contribution in [0.3, 0.4) is 0 Å². The molecule has 0 bridgehead atoms. The van der Waals surface area contributed by atoms with Crippen molar-refractivity contribution in [3.63, 3.8) is 0 Å². The minimum atomic E-state index is -4.60. The van der Waals surface area contributed by atoms with Gasteiger partial charge < -0.3 is 15.1 Å². The van der Waals surface area contributed by atoms with E-state index in [-0.39, 0.29) is 17.4 Å². The van der Waals surface area contributed by atoms with Crippen LogP contribution >= 0.6 is 17.3 Å². The number of halogens is 3. The van der Waals surface area contributed by atoms with Crippen LogP contribution < -0.4 is 5.32 Å². The zero-order valence-corrected chi connectivity index (χ0v) is 15.2. The molecule has 0 aromatic heterocycles. The van der Waals surface area contributed by atoms with Crippen molar-refractivity contribution in [2.75, 3.05) is 11.1 Å². The summed E-state index contributed by atoms with van der Waals surface area (Å²) in [6.45, 7) is -4.60. The van der Waals surface area contributed by atoms with E-state index in [4.69, 9.17) is 0 Å². The summed E-state index contributed by atoms with van der Waals surface area (Å²) < 4.78 is 49.4. The number of nitrogens with one attached hydrogen (secondary N) is 1. The van der Waals surface area contributed by atoms with Crippen LogP contribution in [0.15, 0.2) is 24.3 Å². The molecule has 3 N–H and O–H groups in total. The van der Waals surface area contributed by atoms with Crippen molar-refractivity contribution in [1.82, 2.24) is 0 Å². The second kappa shape index (κ2) is 8.12. The zero-order chi connectivity index (χ0) is 18.7. The molecule has 5 nitrogen and oxygen atoms in total. The molecule has 0 radical (unpaired) electrons. The van der Waals surface area contributed by atoms with Crippen LogP contribution in [0, 0.1) is 5.92 Å². The van der Waals surface area contributed by atoms with Crippen LogP contribution in [0.25, 0.3) is 0 Å². The Hall–Kier alpha value is -1.02. The van der Waals surface area contributed by atoms with Gasteiger partial charge in [0.25, 0.3) is 5.24 Å². The Balaban J connectivity index is 2.07. The number of thiol groups is 1. The van der Waals surface area contributed by atoms with Gasteiger partial charge in [-0.1, -0.05) is 29.8 Å². The average molecular weight is 399 g/mol. The average Bonchev–Trinajstić information content (AvgIpc) is 2.52. The number of amides is 1. The largest absolute Gasteiger partial charge is 0.416 e. The number of hydrogen-bond donors (Lipinski definition) is 4. The fourth-order valence-corrected chi connectivity index (χ4v) is 6.77. The topological polar surface area (TPSA) is 86.6 Å². The Morgan fingerprint density at radius 3 is 2.20 bits per heavy atom. The Kier molecular flexibility index (Phi) is 6.59. The quantitative estimate of drug-likeness (QED) is 0.428. The van der Waals surface area contributed by atoms with Crippen molar-refractivity contribution in [2.24, 2.45) is 5.92 Å². The van der Waals surface area contributed by atoms with Crippen LogP contribution in [0.2, 0.25) is 0 Å². The summed E-state index contributed by atoms with van der Waals surface area (Å²) >= 11 is 0. The minimum absolute atomic E-state index is 0.0857. The molecule has 10 heteroatoms. The standard InChI is InChI=1S/C15H21F3NO4PS/c16-15(17,18)12-6-8-13(9-7-12)19-14(20)25(24(21,22)23)10-11-4-2-1-3-5-11/h6-9,11,25H,1-5,10H2,(H,19,20)(H2,21,22,23). The van der Waals surface area contributed by atoms with Gasteiger partial charge in [0.15, 0.2) is 0 Å². The van der Waals surface area contributed by atoms with Crippen LogP contribution in [0.1, 0.15) is 37.7 Å². The first-order valence-electron chi connectivity index (χ1n) is 7.89. The summed E-state index contributed by atoms with van der Waals surface area (Å²) in [4.78, 5) is 31.4. The molecule has 1 unspecified atom stereocenters. The highest BCUT2D eigenvalue weighted by atomic mass is 32.8. The molecule has 1 aliphatic rings. The van der Waals surface area contributed by atoms with E-state index in [1.807, 2.05) is 0 Å². The summed E-state index contributed by atoms with van der Waals surface area (Å²) in [7, 11) is -2.25. The summed E-state index contributed by atoms with van der Waals surface area (Å²) in [5, 5.41) is 1.55. The molecule has 0 saturated heterocycles. The number of carbonyl (C=O) groups is 1. The first-order valence-corrected chi connectivity index (χ1v) is 11.7. The van der Waals surface area contributed by atoms with E-state index in [1.165, 1.54) is 0 Å². The Bertz CT molecular complexity index is 641. The van der Waals surface area contributed by atoms with Crippen LogP contribution in [-0.4, -0.2) is 20.8 Å². The molecule has 142 valence electrons. The molecule has 1 amide bonds. The molecule has 1 aromatic carbocycles. The lowest BCUT2D eigenvalue weighted by atomic mass is 9.91. The minimum Gasteiger partial charge on any atom is -0.318 e. The highest BCUT2D eigenvalue weighted by Crippen LogP contribution is 2.64. The summed E-state index contributed by atoms with van der Waals surface area (Å²) in [5.74, 6) is 0.248. The molecule has 1 saturated carbocycles. The normalized spacial score (nSPS) is 18.7. The van der Waals surface area contributed by atoms with Crippen molar-refractivity contribution in [1.29, 1.82) is 0 Å². The Labute approximate surface area is 146 Å². The molecule has 0 aliphatic heterocycles. The van der Waals surface area contributed by atoms with Gasteiger partial charge in [-0.15, -0.1) is 0 Å². The highest BCUT2D eigenvalue weighted by molar-refractivity contribution is 8.72. The predicted molar refractivity (Wildman–Crippen MR) is 92.9 cm³/mol. The lowest BCUT2D eigenvalue weighted by molar-refractivity contribution is -0.137. The van der Waals surface area contributed by atoms with Crippen LogP contribution in [0.5, 0.6) is 0 Å². The van der Waals surface area contributed by atoms with E-state index in [1.54, 1.807) is 0 Å². The van der Waals surface area contributed by atoms with Crippen molar-refractivity contribution < 1.29 is 32.3 Å². The smallest absolute Gasteiger partial charge is 0.318 e. The molecule has 1 aliphatic carbocycles. The van der Waals surface area contributed by atoms with Gasteiger partial charge in [-0.05, 0) is 48.8 Å². The Morgan fingerprint density at radius 2 is 1.72 bits per heavy atom. The van der Waals surface area contributed by atoms with Crippen molar-refractivity contribution in [3.8, 4) is 0 Å². The second-order valence-corrected chi connectivity index (χ2v) is 11.7. The molecule has 1 atom stereocenters. The maximum absolute atomic E-state index is 12.5. The van der Waals surface area contributed by atoms with Gasteiger partial charge in [0, 0.05) is 5.69 Å². The number of alkyl halides is 3. The van der Waals surface area contributed by atoms with E-state index in [2.05, 4.69) is 5.32 Å². The second-order valence-electron chi connectivity index (χ2n) is 6.10. The van der Waals surface area contributed by atoms with E-state index in [9.17, 15) is 32.3 Å². The molecule has 25 heavy (non-hydrogen) atoms. The molecule has 1 fully saturated rings. The number of benzene rings is 1. The molecule has 2 rings (SSSR count). The van der Waals surface area contributed by atoms with Gasteiger partial charge in [0.2, 0.25) is 0 Å². The van der Waals surface area contributed by atoms with Gasteiger partial charge in [0.1, 0.15) is 0 Å². The van der Waals surface area contributed by atoms with Gasteiger partial charge >= 0.3 is 13.0 Å². The van der Waals surface area contributed by atoms with E-state index >= 15 is 0 Å². The fraction of sp³-hybridized carbons (Fsp3) is 0.533. The predicted octanol–water partition coefficient (Wildman–Crippen LogP) is 4.91. The summed E-state index contributed by atoms with van der Waals surface area (Å²) in [6.07, 6.45) is 0.244. The summed E-state index contributed by atoms with van der Waals surface area (Å²) in [5.41, 5.74) is -0.771. The number of hydrogen-bond acceptors (Lipinski definition) is 2. The monoisotopic (exact) mass is 399 g/mol. The maximum Gasteiger partial charge on any atom is 0.416 e. The molecule has 0 heterocycles.